The Bertz CT molecular complexity index is 333. The molecule has 0 fully saturated rings. The number of aryl methyl sites for hydroxylation is 1. The van der Waals surface area contributed by atoms with Gasteiger partial charge in [0, 0.05) is 18.9 Å². The zero-order valence-corrected chi connectivity index (χ0v) is 11.5. The lowest BCUT2D eigenvalue weighted by atomic mass is 10.1. The fourth-order valence-corrected chi connectivity index (χ4v) is 2.12. The second-order valence-corrected chi connectivity index (χ2v) is 4.87. The van der Waals surface area contributed by atoms with Gasteiger partial charge in [-0.05, 0) is 6.42 Å². The number of rotatable bonds is 9. The Labute approximate surface area is 109 Å². The summed E-state index contributed by atoms with van der Waals surface area (Å²) in [7, 11) is 0. The summed E-state index contributed by atoms with van der Waals surface area (Å²) in [4.78, 5) is 4.54. The smallest absolute Gasteiger partial charge is 0.167 e. The monoisotopic (exact) mass is 253 g/mol. The molecule has 1 aromatic rings. The molecule has 17 heavy (non-hydrogen) atoms. The minimum atomic E-state index is 0.387. The summed E-state index contributed by atoms with van der Waals surface area (Å²) < 4.78 is 2.05. The van der Waals surface area contributed by atoms with Gasteiger partial charge in [0.1, 0.15) is 4.99 Å². The first-order chi connectivity index (χ1) is 8.25. The molecule has 0 saturated heterocycles. The number of hydrogen-bond donors (Lipinski definition) is 1. The third-order valence-corrected chi connectivity index (χ3v) is 3.12. The average molecular weight is 253 g/mol. The first-order valence-electron chi connectivity index (χ1n) is 6.56. The van der Waals surface area contributed by atoms with E-state index in [2.05, 4.69) is 11.9 Å². The van der Waals surface area contributed by atoms with E-state index in [1.165, 1.54) is 44.9 Å². The van der Waals surface area contributed by atoms with E-state index in [-0.39, 0.29) is 0 Å². The van der Waals surface area contributed by atoms with Crippen LogP contribution in [0.1, 0.15) is 57.7 Å². The molecule has 0 radical (unpaired) electrons. The molecular formula is C13H23N3S. The molecule has 0 aromatic carbocycles. The van der Waals surface area contributed by atoms with Crippen molar-refractivity contribution in [2.45, 2.75) is 58.4 Å². The van der Waals surface area contributed by atoms with E-state index in [0.717, 1.165) is 12.4 Å². The Balaban J connectivity index is 2.14. The maximum atomic E-state index is 5.59. The molecule has 4 heteroatoms. The van der Waals surface area contributed by atoms with Crippen LogP contribution in [0, 0.1) is 0 Å². The summed E-state index contributed by atoms with van der Waals surface area (Å²) in [5.41, 5.74) is 5.59. The molecule has 0 saturated carbocycles. The molecule has 2 N–H and O–H groups in total. The number of nitrogens with zero attached hydrogens (tertiary/aromatic N) is 2. The fourth-order valence-electron chi connectivity index (χ4n) is 1.95. The number of hydrogen-bond acceptors (Lipinski definition) is 2. The molecule has 0 spiro atoms. The lowest BCUT2D eigenvalue weighted by Gasteiger charge is -2.06. The average Bonchev–Trinajstić information content (AvgIpc) is 2.76. The largest absolute Gasteiger partial charge is 0.387 e. The number of aromatic nitrogens is 2. The van der Waals surface area contributed by atoms with Gasteiger partial charge in [0.25, 0.3) is 0 Å². The van der Waals surface area contributed by atoms with Crippen molar-refractivity contribution in [2.24, 2.45) is 5.73 Å². The number of thiocarbonyl (C=S) groups is 1. The van der Waals surface area contributed by atoms with Crippen LogP contribution in [0.3, 0.4) is 0 Å². The highest BCUT2D eigenvalue weighted by Crippen LogP contribution is 2.08. The van der Waals surface area contributed by atoms with Gasteiger partial charge in [0.15, 0.2) is 5.82 Å². The van der Waals surface area contributed by atoms with Crippen LogP contribution in [0.25, 0.3) is 0 Å². The zero-order valence-electron chi connectivity index (χ0n) is 10.7. The highest BCUT2D eigenvalue weighted by molar-refractivity contribution is 7.80. The van der Waals surface area contributed by atoms with E-state index in [1.54, 1.807) is 6.20 Å². The molecule has 0 aliphatic rings. The van der Waals surface area contributed by atoms with Crippen LogP contribution in [-0.2, 0) is 6.54 Å². The summed E-state index contributed by atoms with van der Waals surface area (Å²) in [6.45, 7) is 3.22. The molecule has 3 nitrogen and oxygen atoms in total. The number of imidazole rings is 1. The predicted molar refractivity (Wildman–Crippen MR) is 76.1 cm³/mol. The van der Waals surface area contributed by atoms with Crippen molar-refractivity contribution in [2.75, 3.05) is 0 Å². The van der Waals surface area contributed by atoms with E-state index < -0.39 is 0 Å². The lowest BCUT2D eigenvalue weighted by molar-refractivity contribution is 0.548. The molecule has 0 aliphatic carbocycles. The third-order valence-electron chi connectivity index (χ3n) is 2.94. The predicted octanol–water partition coefficient (Wildman–Crippen LogP) is 3.27. The van der Waals surface area contributed by atoms with Crippen molar-refractivity contribution in [3.8, 4) is 0 Å². The minimum Gasteiger partial charge on any atom is -0.387 e. The summed E-state index contributed by atoms with van der Waals surface area (Å²) >= 11 is 4.95. The maximum absolute atomic E-state index is 5.59. The Hall–Kier alpha value is -0.900. The van der Waals surface area contributed by atoms with Crippen LogP contribution >= 0.6 is 12.2 Å². The summed E-state index contributed by atoms with van der Waals surface area (Å²) in [5.74, 6) is 0.742. The molecule has 96 valence electrons. The van der Waals surface area contributed by atoms with E-state index in [4.69, 9.17) is 18.0 Å². The zero-order chi connectivity index (χ0) is 12.5. The summed E-state index contributed by atoms with van der Waals surface area (Å²) in [6, 6.07) is 0. The topological polar surface area (TPSA) is 43.8 Å². The van der Waals surface area contributed by atoms with Gasteiger partial charge >= 0.3 is 0 Å². The molecule has 0 atom stereocenters. The van der Waals surface area contributed by atoms with Crippen LogP contribution in [0.4, 0.5) is 0 Å². The van der Waals surface area contributed by atoms with Gasteiger partial charge in [-0.3, -0.25) is 0 Å². The van der Waals surface area contributed by atoms with E-state index in [1.807, 2.05) is 10.8 Å². The van der Waals surface area contributed by atoms with Crippen LogP contribution < -0.4 is 5.73 Å². The Morgan fingerprint density at radius 2 is 1.88 bits per heavy atom. The molecule has 1 aromatic heterocycles. The Morgan fingerprint density at radius 3 is 2.53 bits per heavy atom. The fraction of sp³-hybridized carbons (Fsp3) is 0.692. The van der Waals surface area contributed by atoms with Crippen LogP contribution in [0.5, 0.6) is 0 Å². The van der Waals surface area contributed by atoms with Gasteiger partial charge in [-0.2, -0.15) is 0 Å². The van der Waals surface area contributed by atoms with Crippen molar-refractivity contribution in [3.05, 3.63) is 18.2 Å². The van der Waals surface area contributed by atoms with Crippen LogP contribution in [-0.4, -0.2) is 14.5 Å². The van der Waals surface area contributed by atoms with Gasteiger partial charge in [-0.15, -0.1) is 0 Å². The first-order valence-corrected chi connectivity index (χ1v) is 6.97. The standard InChI is InChI=1S/C13H23N3S/c1-2-3-4-5-6-7-8-10-16-11-9-15-13(16)12(14)17/h9,11H,2-8,10H2,1H3,(H2,14,17). The molecule has 0 unspecified atom stereocenters. The second kappa shape index (κ2) is 8.23. The van der Waals surface area contributed by atoms with Crippen LogP contribution in [0.15, 0.2) is 12.4 Å². The van der Waals surface area contributed by atoms with E-state index in [0.29, 0.717) is 4.99 Å². The maximum Gasteiger partial charge on any atom is 0.167 e. The number of unbranched alkanes of at least 4 members (excludes halogenated alkanes) is 6. The summed E-state index contributed by atoms with van der Waals surface area (Å²) in [5, 5.41) is 0. The molecule has 1 heterocycles. The summed E-state index contributed by atoms with van der Waals surface area (Å²) in [6.07, 6.45) is 12.9. The highest BCUT2D eigenvalue weighted by atomic mass is 32.1. The van der Waals surface area contributed by atoms with Crippen molar-refractivity contribution >= 4 is 17.2 Å². The lowest BCUT2D eigenvalue weighted by Crippen LogP contribution is -2.16. The SMILES string of the molecule is CCCCCCCCCn1ccnc1C(N)=S. The Kier molecular flexibility index (Phi) is 6.86. The molecule has 0 aliphatic heterocycles. The number of nitrogens with two attached hydrogens (primary N) is 1. The first kappa shape index (κ1) is 14.2. The highest BCUT2D eigenvalue weighted by Gasteiger charge is 2.04. The molecule has 0 bridgehead atoms. The minimum absolute atomic E-state index is 0.387. The molecule has 0 amide bonds. The third kappa shape index (κ3) is 5.31. The van der Waals surface area contributed by atoms with E-state index in [9.17, 15) is 0 Å². The van der Waals surface area contributed by atoms with Crippen molar-refractivity contribution in [1.29, 1.82) is 0 Å². The van der Waals surface area contributed by atoms with Crippen molar-refractivity contribution in [1.82, 2.24) is 9.55 Å². The van der Waals surface area contributed by atoms with E-state index >= 15 is 0 Å². The molecule has 1 rings (SSSR count). The van der Waals surface area contributed by atoms with Crippen LogP contribution in [0.2, 0.25) is 0 Å². The Morgan fingerprint density at radius 1 is 1.24 bits per heavy atom. The quantitative estimate of drug-likeness (QED) is 0.542. The molecular weight excluding hydrogens is 230 g/mol. The van der Waals surface area contributed by atoms with Crippen molar-refractivity contribution < 1.29 is 0 Å². The van der Waals surface area contributed by atoms with Gasteiger partial charge in [0.05, 0.1) is 0 Å². The van der Waals surface area contributed by atoms with Gasteiger partial charge in [0.2, 0.25) is 0 Å². The van der Waals surface area contributed by atoms with Gasteiger partial charge < -0.3 is 10.3 Å². The normalized spacial score (nSPS) is 10.6. The second-order valence-electron chi connectivity index (χ2n) is 4.43. The van der Waals surface area contributed by atoms with Crippen molar-refractivity contribution in [3.63, 3.8) is 0 Å². The van der Waals surface area contributed by atoms with Gasteiger partial charge in [-0.25, -0.2) is 4.98 Å². The van der Waals surface area contributed by atoms with Gasteiger partial charge in [-0.1, -0.05) is 57.7 Å².